The van der Waals surface area contributed by atoms with Crippen LogP contribution in [0, 0.1) is 31.6 Å². The molecule has 0 saturated carbocycles. The Labute approximate surface area is 235 Å². The van der Waals surface area contributed by atoms with Crippen molar-refractivity contribution in [3.05, 3.63) is 47.6 Å². The molecule has 0 amide bonds. The van der Waals surface area contributed by atoms with Crippen molar-refractivity contribution in [3.63, 3.8) is 0 Å². The van der Waals surface area contributed by atoms with E-state index in [0.717, 1.165) is 72.5 Å². The maximum Gasteiger partial charge on any atom is 0.127 e. The first kappa shape index (κ1) is 32.5. The van der Waals surface area contributed by atoms with Gasteiger partial charge in [-0.1, -0.05) is 84.8 Å². The van der Waals surface area contributed by atoms with Crippen molar-refractivity contribution in [1.82, 2.24) is 4.90 Å². The first-order valence-electron chi connectivity index (χ1n) is 15.5. The highest BCUT2D eigenvalue weighted by molar-refractivity contribution is 5.59. The summed E-state index contributed by atoms with van der Waals surface area (Å²) in [5.41, 5.74) is 4.10. The summed E-state index contributed by atoms with van der Waals surface area (Å²) in [6, 6.07) is 0. The zero-order valence-corrected chi connectivity index (χ0v) is 26.0. The molecule has 0 radical (unpaired) electrons. The third-order valence-corrected chi connectivity index (χ3v) is 8.87. The lowest BCUT2D eigenvalue weighted by Gasteiger charge is -2.39. The van der Waals surface area contributed by atoms with Gasteiger partial charge in [-0.2, -0.15) is 0 Å². The van der Waals surface area contributed by atoms with Crippen molar-refractivity contribution in [3.8, 4) is 11.5 Å². The van der Waals surface area contributed by atoms with E-state index in [0.29, 0.717) is 12.3 Å². The molecule has 3 nitrogen and oxygen atoms in total. The Morgan fingerprint density at radius 3 is 2.00 bits per heavy atom. The van der Waals surface area contributed by atoms with Gasteiger partial charge in [0.25, 0.3) is 0 Å². The molecular weight excluding hydrogens is 466 g/mol. The molecule has 0 spiro atoms. The molecule has 1 aromatic rings. The first-order valence-corrected chi connectivity index (χ1v) is 15.5. The summed E-state index contributed by atoms with van der Waals surface area (Å²) in [4.78, 5) is 2.26. The van der Waals surface area contributed by atoms with Crippen molar-refractivity contribution in [1.29, 1.82) is 0 Å². The molecule has 3 atom stereocenters. The Kier molecular flexibility index (Phi) is 13.5. The summed E-state index contributed by atoms with van der Waals surface area (Å²) in [6.07, 6.45) is 17.6. The third-order valence-electron chi connectivity index (χ3n) is 8.87. The van der Waals surface area contributed by atoms with Crippen LogP contribution in [0.5, 0.6) is 11.5 Å². The van der Waals surface area contributed by atoms with Gasteiger partial charge in [-0.3, -0.25) is 4.90 Å². The van der Waals surface area contributed by atoms with Crippen LogP contribution in [0.1, 0.15) is 121 Å². The fraction of sp³-hybridized carbons (Fsp3) is 0.714. The van der Waals surface area contributed by atoms with Crippen LogP contribution in [0.25, 0.3) is 0 Å². The largest absolute Gasteiger partial charge is 0.507 e. The van der Waals surface area contributed by atoms with Gasteiger partial charge in [-0.05, 0) is 75.3 Å². The Morgan fingerprint density at radius 1 is 0.895 bits per heavy atom. The molecule has 1 aliphatic rings. The molecule has 38 heavy (non-hydrogen) atoms. The molecule has 1 N–H and O–H groups in total. The van der Waals surface area contributed by atoms with Crippen molar-refractivity contribution in [2.45, 2.75) is 131 Å². The molecule has 0 aromatic heterocycles. The van der Waals surface area contributed by atoms with Crippen LogP contribution in [0.4, 0.5) is 0 Å². The maximum absolute atomic E-state index is 11.1. The summed E-state index contributed by atoms with van der Waals surface area (Å²) >= 11 is 0. The number of aromatic hydroxyl groups is 1. The van der Waals surface area contributed by atoms with Gasteiger partial charge in [0.2, 0.25) is 0 Å². The standard InChI is InChI=1S/C35H59NO2/c1-10-23-36(24-11-2)25-32-31-20-22-35(9,38-34(31)30(8)29(7)33(32)37)21-14-19-28(6)18-13-17-27(5)16-12-15-26(3)4/h10-11,26-28,37H,1-2,12-25H2,3-9H3. The van der Waals surface area contributed by atoms with Crippen molar-refractivity contribution in [2.75, 3.05) is 13.1 Å². The number of rotatable bonds is 18. The van der Waals surface area contributed by atoms with Gasteiger partial charge in [-0.15, -0.1) is 13.2 Å². The fourth-order valence-electron chi connectivity index (χ4n) is 6.11. The Balaban J connectivity index is 1.93. The number of nitrogens with zero attached hydrogens (tertiary/aromatic N) is 1. The SMILES string of the molecule is C=CCN(CC=C)Cc1c(O)c(C)c(C)c2c1CCC(C)(CCCC(C)CCCC(C)CCCC(C)C)O2. The molecule has 0 fully saturated rings. The first-order chi connectivity index (χ1) is 18.0. The quantitative estimate of drug-likeness (QED) is 0.194. The second kappa shape index (κ2) is 15.8. The lowest BCUT2D eigenvalue weighted by molar-refractivity contribution is 0.0508. The summed E-state index contributed by atoms with van der Waals surface area (Å²) in [5, 5.41) is 11.1. The van der Waals surface area contributed by atoms with E-state index in [-0.39, 0.29) is 5.60 Å². The van der Waals surface area contributed by atoms with Crippen LogP contribution < -0.4 is 4.74 Å². The lowest BCUT2D eigenvalue weighted by atomic mass is 9.83. The number of phenols is 1. The normalized spacial score (nSPS) is 18.8. The molecule has 1 heterocycles. The molecule has 0 bridgehead atoms. The predicted molar refractivity (Wildman–Crippen MR) is 165 cm³/mol. The van der Waals surface area contributed by atoms with Gasteiger partial charge in [-0.25, -0.2) is 0 Å². The van der Waals surface area contributed by atoms with Gasteiger partial charge in [0.15, 0.2) is 0 Å². The molecule has 216 valence electrons. The highest BCUT2D eigenvalue weighted by Gasteiger charge is 2.35. The second-order valence-corrected chi connectivity index (χ2v) is 13.1. The van der Waals surface area contributed by atoms with Gasteiger partial charge in [0.1, 0.15) is 17.1 Å². The van der Waals surface area contributed by atoms with Crippen LogP contribution in [0.2, 0.25) is 0 Å². The summed E-state index contributed by atoms with van der Waals surface area (Å²) in [6.45, 7) is 26.0. The van der Waals surface area contributed by atoms with E-state index < -0.39 is 0 Å². The van der Waals surface area contributed by atoms with E-state index in [9.17, 15) is 5.11 Å². The van der Waals surface area contributed by atoms with Gasteiger partial charge < -0.3 is 9.84 Å². The monoisotopic (exact) mass is 525 g/mol. The zero-order valence-electron chi connectivity index (χ0n) is 26.0. The minimum atomic E-state index is -0.134. The zero-order chi connectivity index (χ0) is 28.3. The van der Waals surface area contributed by atoms with Gasteiger partial charge in [0, 0.05) is 30.8 Å². The van der Waals surface area contributed by atoms with E-state index >= 15 is 0 Å². The number of fused-ring (bicyclic) bond motifs is 1. The minimum absolute atomic E-state index is 0.134. The number of benzene rings is 1. The van der Waals surface area contributed by atoms with Crippen LogP contribution in [-0.4, -0.2) is 28.7 Å². The Bertz CT molecular complexity index is 879. The van der Waals surface area contributed by atoms with Crippen molar-refractivity contribution in [2.24, 2.45) is 17.8 Å². The van der Waals surface area contributed by atoms with Crippen molar-refractivity contribution >= 4 is 0 Å². The predicted octanol–water partition coefficient (Wildman–Crippen LogP) is 9.71. The van der Waals surface area contributed by atoms with Gasteiger partial charge >= 0.3 is 0 Å². The minimum Gasteiger partial charge on any atom is -0.507 e. The van der Waals surface area contributed by atoms with E-state index in [1.807, 2.05) is 19.1 Å². The number of phenolic OH excluding ortho intramolecular Hbond substituents is 1. The van der Waals surface area contributed by atoms with E-state index in [2.05, 4.69) is 59.6 Å². The van der Waals surface area contributed by atoms with E-state index in [1.165, 1.54) is 56.9 Å². The van der Waals surface area contributed by atoms with Gasteiger partial charge in [0.05, 0.1) is 0 Å². The highest BCUT2D eigenvalue weighted by atomic mass is 16.5. The topological polar surface area (TPSA) is 32.7 Å². The molecule has 2 rings (SSSR count). The molecular formula is C35H59NO2. The maximum atomic E-state index is 11.1. The molecule has 0 saturated heterocycles. The molecule has 3 heteroatoms. The molecule has 1 aliphatic heterocycles. The molecule has 0 aliphatic carbocycles. The van der Waals surface area contributed by atoms with Crippen LogP contribution in [-0.2, 0) is 13.0 Å². The van der Waals surface area contributed by atoms with Crippen LogP contribution in [0.3, 0.4) is 0 Å². The summed E-state index contributed by atoms with van der Waals surface area (Å²) < 4.78 is 6.81. The van der Waals surface area contributed by atoms with E-state index in [1.54, 1.807) is 0 Å². The Hall–Kier alpha value is -1.74. The number of hydrogen-bond acceptors (Lipinski definition) is 3. The number of ether oxygens (including phenoxy) is 1. The highest BCUT2D eigenvalue weighted by Crippen LogP contribution is 2.45. The third kappa shape index (κ3) is 9.78. The number of hydrogen-bond donors (Lipinski definition) is 1. The van der Waals surface area contributed by atoms with Crippen LogP contribution in [0.15, 0.2) is 25.3 Å². The summed E-state index contributed by atoms with van der Waals surface area (Å²) in [5.74, 6) is 3.93. The van der Waals surface area contributed by atoms with Crippen LogP contribution >= 0.6 is 0 Å². The summed E-state index contributed by atoms with van der Waals surface area (Å²) in [7, 11) is 0. The second-order valence-electron chi connectivity index (χ2n) is 13.1. The lowest BCUT2D eigenvalue weighted by Crippen LogP contribution is -2.37. The van der Waals surface area contributed by atoms with E-state index in [4.69, 9.17) is 4.74 Å². The average Bonchev–Trinajstić information content (AvgIpc) is 2.85. The average molecular weight is 526 g/mol. The Morgan fingerprint density at radius 2 is 1.45 bits per heavy atom. The molecule has 3 unspecified atom stereocenters. The molecule has 1 aromatic carbocycles. The fourth-order valence-corrected chi connectivity index (χ4v) is 6.11. The smallest absolute Gasteiger partial charge is 0.127 e. The van der Waals surface area contributed by atoms with Crippen molar-refractivity contribution < 1.29 is 9.84 Å².